The van der Waals surface area contributed by atoms with E-state index in [1.807, 2.05) is 49.4 Å². The fraction of sp³-hybridized carbons (Fsp3) is 0.333. The fourth-order valence-electron chi connectivity index (χ4n) is 3.18. The van der Waals surface area contributed by atoms with E-state index in [9.17, 15) is 9.59 Å². The van der Waals surface area contributed by atoms with Gasteiger partial charge in [0.05, 0.1) is 31.7 Å². The summed E-state index contributed by atoms with van der Waals surface area (Å²) in [5, 5.41) is 2.98. The number of nitrogens with one attached hydrogen (secondary N) is 1. The Kier molecular flexibility index (Phi) is 6.46. The topological polar surface area (TPSA) is 67.9 Å². The number of methoxy groups -OCH3 is 2. The van der Waals surface area contributed by atoms with Crippen molar-refractivity contribution >= 4 is 29.3 Å². The predicted molar refractivity (Wildman–Crippen MR) is 110 cm³/mol. The first kappa shape index (κ1) is 20.1. The Labute approximate surface area is 169 Å². The van der Waals surface area contributed by atoms with Crippen LogP contribution >= 0.6 is 11.8 Å². The molecule has 1 N–H and O–H groups in total. The molecule has 0 spiro atoms. The molecule has 2 aromatic carbocycles. The summed E-state index contributed by atoms with van der Waals surface area (Å²) in [5.74, 6) is 1.69. The van der Waals surface area contributed by atoms with Gasteiger partial charge in [0, 0.05) is 23.4 Å². The minimum absolute atomic E-state index is 0.0269. The summed E-state index contributed by atoms with van der Waals surface area (Å²) >= 11 is 1.53. The highest BCUT2D eigenvalue weighted by molar-refractivity contribution is 8.00. The van der Waals surface area contributed by atoms with Crippen LogP contribution in [0.3, 0.4) is 0 Å². The van der Waals surface area contributed by atoms with Crippen molar-refractivity contribution in [2.24, 2.45) is 0 Å². The number of amides is 2. The third-order valence-electron chi connectivity index (χ3n) is 4.65. The number of ether oxygens (including phenoxy) is 2. The van der Waals surface area contributed by atoms with Gasteiger partial charge in [-0.15, -0.1) is 11.8 Å². The minimum Gasteiger partial charge on any atom is -0.497 e. The van der Waals surface area contributed by atoms with Crippen molar-refractivity contribution in [3.63, 3.8) is 0 Å². The summed E-state index contributed by atoms with van der Waals surface area (Å²) in [6, 6.07) is 13.0. The molecule has 0 aromatic heterocycles. The third kappa shape index (κ3) is 4.42. The van der Waals surface area contributed by atoms with Gasteiger partial charge in [0.25, 0.3) is 0 Å². The quantitative estimate of drug-likeness (QED) is 0.771. The van der Waals surface area contributed by atoms with E-state index in [0.29, 0.717) is 23.8 Å². The Balaban J connectivity index is 1.64. The highest BCUT2D eigenvalue weighted by Gasteiger charge is 2.25. The molecule has 7 heteroatoms. The van der Waals surface area contributed by atoms with E-state index in [-0.39, 0.29) is 24.3 Å². The molecule has 0 aliphatic carbocycles. The Hall–Kier alpha value is -2.67. The Morgan fingerprint density at radius 1 is 1.21 bits per heavy atom. The molecule has 0 fully saturated rings. The largest absolute Gasteiger partial charge is 0.497 e. The highest BCUT2D eigenvalue weighted by Crippen LogP contribution is 2.35. The lowest BCUT2D eigenvalue weighted by Crippen LogP contribution is -2.38. The molecule has 0 saturated heterocycles. The fourth-order valence-corrected chi connectivity index (χ4v) is 4.12. The third-order valence-corrected chi connectivity index (χ3v) is 5.70. The zero-order valence-electron chi connectivity index (χ0n) is 16.2. The molecule has 2 amide bonds. The van der Waals surface area contributed by atoms with E-state index >= 15 is 0 Å². The van der Waals surface area contributed by atoms with Crippen molar-refractivity contribution in [3.8, 4) is 11.5 Å². The maximum absolute atomic E-state index is 12.5. The van der Waals surface area contributed by atoms with Crippen LogP contribution in [-0.4, -0.2) is 38.3 Å². The van der Waals surface area contributed by atoms with Crippen LogP contribution in [-0.2, 0) is 9.59 Å². The van der Waals surface area contributed by atoms with Crippen LogP contribution in [0.25, 0.3) is 0 Å². The predicted octanol–water partition coefficient (Wildman–Crippen LogP) is 3.41. The standard InChI is InChI=1S/C21H24N2O4S/c1-14(16-12-15(26-2)8-9-18(16)27-3)22-20(24)10-11-23-17-6-4-5-7-19(17)28-13-21(23)25/h4-9,12,14H,10-11,13H2,1-3H3,(H,22,24)/t14-/m0/s1. The van der Waals surface area contributed by atoms with Gasteiger partial charge >= 0.3 is 0 Å². The van der Waals surface area contributed by atoms with Crippen LogP contribution in [0.2, 0.25) is 0 Å². The second-order valence-corrected chi connectivity index (χ2v) is 7.47. The number of fused-ring (bicyclic) bond motifs is 1. The highest BCUT2D eigenvalue weighted by atomic mass is 32.2. The summed E-state index contributed by atoms with van der Waals surface area (Å²) in [4.78, 5) is 27.6. The zero-order chi connectivity index (χ0) is 20.1. The molecule has 6 nitrogen and oxygen atoms in total. The number of hydrogen-bond donors (Lipinski definition) is 1. The second kappa shape index (κ2) is 9.01. The van der Waals surface area contributed by atoms with Crippen LogP contribution in [0.1, 0.15) is 24.9 Å². The van der Waals surface area contributed by atoms with E-state index in [1.54, 1.807) is 19.1 Å². The smallest absolute Gasteiger partial charge is 0.237 e. The average molecular weight is 401 g/mol. The van der Waals surface area contributed by atoms with Gasteiger partial charge < -0.3 is 19.7 Å². The van der Waals surface area contributed by atoms with Gasteiger partial charge in [-0.1, -0.05) is 12.1 Å². The summed E-state index contributed by atoms with van der Waals surface area (Å²) < 4.78 is 10.7. The van der Waals surface area contributed by atoms with Gasteiger partial charge in [-0.3, -0.25) is 9.59 Å². The van der Waals surface area contributed by atoms with Crippen molar-refractivity contribution in [1.29, 1.82) is 0 Å². The molecule has 0 unspecified atom stereocenters. The van der Waals surface area contributed by atoms with E-state index < -0.39 is 0 Å². The first-order chi connectivity index (χ1) is 13.5. The number of carbonyl (C=O) groups excluding carboxylic acids is 2. The van der Waals surface area contributed by atoms with Gasteiger partial charge in [0.1, 0.15) is 11.5 Å². The van der Waals surface area contributed by atoms with E-state index in [2.05, 4.69) is 5.32 Å². The first-order valence-corrected chi connectivity index (χ1v) is 10.1. The maximum atomic E-state index is 12.5. The number of para-hydroxylation sites is 1. The Morgan fingerprint density at radius 2 is 2.00 bits per heavy atom. The van der Waals surface area contributed by atoms with Crippen LogP contribution in [0.15, 0.2) is 47.4 Å². The summed E-state index contributed by atoms with van der Waals surface area (Å²) in [6.07, 6.45) is 0.224. The number of nitrogens with zero attached hydrogens (tertiary/aromatic N) is 1. The summed E-state index contributed by atoms with van der Waals surface area (Å²) in [5.41, 5.74) is 1.71. The molecule has 1 aliphatic heterocycles. The lowest BCUT2D eigenvalue weighted by atomic mass is 10.1. The van der Waals surface area contributed by atoms with Crippen molar-refractivity contribution < 1.29 is 19.1 Å². The molecule has 0 saturated carbocycles. The molecule has 148 valence electrons. The molecule has 28 heavy (non-hydrogen) atoms. The molecule has 0 bridgehead atoms. The molecule has 1 heterocycles. The van der Waals surface area contributed by atoms with Crippen molar-refractivity contribution in [2.45, 2.75) is 24.3 Å². The van der Waals surface area contributed by atoms with Crippen LogP contribution in [0, 0.1) is 0 Å². The zero-order valence-corrected chi connectivity index (χ0v) is 17.0. The molecule has 3 rings (SSSR count). The van der Waals surface area contributed by atoms with E-state index in [1.165, 1.54) is 11.8 Å². The van der Waals surface area contributed by atoms with Crippen molar-refractivity contribution in [2.75, 3.05) is 31.4 Å². The van der Waals surface area contributed by atoms with Gasteiger partial charge in [-0.05, 0) is 37.3 Å². The number of anilines is 1. The number of thioether (sulfide) groups is 1. The lowest BCUT2D eigenvalue weighted by molar-refractivity contribution is -0.121. The molecule has 2 aromatic rings. The average Bonchev–Trinajstić information content (AvgIpc) is 2.72. The molecule has 0 radical (unpaired) electrons. The lowest BCUT2D eigenvalue weighted by Gasteiger charge is -2.29. The van der Waals surface area contributed by atoms with Gasteiger partial charge in [-0.25, -0.2) is 0 Å². The van der Waals surface area contributed by atoms with Gasteiger partial charge in [-0.2, -0.15) is 0 Å². The maximum Gasteiger partial charge on any atom is 0.237 e. The Morgan fingerprint density at radius 3 is 2.75 bits per heavy atom. The molecule has 1 atom stereocenters. The van der Waals surface area contributed by atoms with Gasteiger partial charge in [0.15, 0.2) is 0 Å². The van der Waals surface area contributed by atoms with Crippen LogP contribution in [0.4, 0.5) is 5.69 Å². The summed E-state index contributed by atoms with van der Waals surface area (Å²) in [6.45, 7) is 2.25. The monoisotopic (exact) mass is 400 g/mol. The van der Waals surface area contributed by atoms with Crippen molar-refractivity contribution in [3.05, 3.63) is 48.0 Å². The Bertz CT molecular complexity index is 871. The molecule has 1 aliphatic rings. The number of carbonyl (C=O) groups is 2. The number of benzene rings is 2. The SMILES string of the molecule is COc1ccc(OC)c([C@H](C)NC(=O)CCN2C(=O)CSc3ccccc32)c1. The minimum atomic E-state index is -0.252. The van der Waals surface area contributed by atoms with Crippen LogP contribution in [0.5, 0.6) is 11.5 Å². The second-order valence-electron chi connectivity index (χ2n) is 6.45. The van der Waals surface area contributed by atoms with E-state index in [4.69, 9.17) is 9.47 Å². The normalized spacial score (nSPS) is 14.2. The molecular formula is C21H24N2O4S. The van der Waals surface area contributed by atoms with E-state index in [0.717, 1.165) is 16.1 Å². The number of rotatable bonds is 7. The van der Waals surface area contributed by atoms with Crippen LogP contribution < -0.4 is 19.7 Å². The van der Waals surface area contributed by atoms with Gasteiger partial charge in [0.2, 0.25) is 11.8 Å². The van der Waals surface area contributed by atoms with Crippen molar-refractivity contribution in [1.82, 2.24) is 5.32 Å². The summed E-state index contributed by atoms with van der Waals surface area (Å²) in [7, 11) is 3.19. The number of hydrogen-bond acceptors (Lipinski definition) is 5. The first-order valence-electron chi connectivity index (χ1n) is 9.07. The molecular weight excluding hydrogens is 376 g/mol.